The number of benzene rings is 2. The van der Waals surface area contributed by atoms with Crippen molar-refractivity contribution in [1.29, 1.82) is 10.5 Å². The first-order chi connectivity index (χ1) is 19.7. The van der Waals surface area contributed by atoms with Crippen LogP contribution in [0, 0.1) is 20.5 Å². The Morgan fingerprint density at radius 1 is 0.537 bits per heavy atom. The van der Waals surface area contributed by atoms with E-state index >= 15 is 0 Å². The molecule has 0 aliphatic carbocycles. The van der Waals surface area contributed by atoms with Gasteiger partial charge in [-0.3, -0.25) is 0 Å². The second-order valence-electron chi connectivity index (χ2n) is 8.01. The fourth-order valence-corrected chi connectivity index (χ4v) is 3.98. The van der Waals surface area contributed by atoms with Crippen LogP contribution in [0.15, 0.2) is 109 Å². The first-order valence-corrected chi connectivity index (χ1v) is 13.6. The number of nitriles is 2. The quantitative estimate of drug-likeness (QED) is 0.210. The number of aromatic nitrogens is 4. The van der Waals surface area contributed by atoms with Gasteiger partial charge in [-0.1, -0.05) is 60.7 Å². The van der Waals surface area contributed by atoms with E-state index in [1.807, 2.05) is 84.9 Å². The Kier molecular flexibility index (Phi) is 12.2. The molecule has 2 N–H and O–H groups in total. The zero-order valence-electron chi connectivity index (χ0n) is 21.2. The Balaban J connectivity index is 0.000000610. The minimum absolute atomic E-state index is 0. The molecule has 0 bridgehead atoms. The molecule has 0 unspecified atom stereocenters. The van der Waals surface area contributed by atoms with Crippen molar-refractivity contribution in [3.8, 4) is 21.3 Å². The third kappa shape index (κ3) is 8.34. The molecule has 200 valence electrons. The average molecular weight is 706 g/mol. The van der Waals surface area contributed by atoms with E-state index in [4.69, 9.17) is 20.5 Å². The van der Waals surface area contributed by atoms with Gasteiger partial charge in [0.1, 0.15) is 23.3 Å². The van der Waals surface area contributed by atoms with Crippen LogP contribution in [0.2, 0.25) is 0 Å². The predicted octanol–water partition coefficient (Wildman–Crippen LogP) is 6.00. The number of nitrogens with zero attached hydrogens (tertiary/aromatic N) is 6. The number of pyridine rings is 4. The van der Waals surface area contributed by atoms with Gasteiger partial charge in [0.2, 0.25) is 0 Å². The van der Waals surface area contributed by atoms with Gasteiger partial charge >= 0.3 is 69.6 Å². The Morgan fingerprint density at radius 2 is 0.927 bits per heavy atom. The van der Waals surface area contributed by atoms with Crippen molar-refractivity contribution in [3.05, 3.63) is 109 Å². The van der Waals surface area contributed by atoms with Gasteiger partial charge in [0.05, 0.1) is 11.4 Å². The summed E-state index contributed by atoms with van der Waals surface area (Å²) < 4.78 is 0. The van der Waals surface area contributed by atoms with Gasteiger partial charge < -0.3 is 10.6 Å². The standard InChI is InChI=1S/C28H20N6.2CHNSe.Fe/c1-3-9-21-19(7-1)15-17-29-27(21)33-25-13-5-11-23(31-25)24-12-6-14-26(32-24)34-28-22-10-4-2-8-20(22)16-18-30-28;2*2-1-3;/h1-18H,(H,29,31,33)(H,30,32,34);2*3H;/q;;;+2/p-2. The van der Waals surface area contributed by atoms with Gasteiger partial charge in [0.15, 0.2) is 0 Å². The van der Waals surface area contributed by atoms with Crippen LogP contribution in [0.25, 0.3) is 32.9 Å². The molecular weight excluding hydrogens is 686 g/mol. The first-order valence-electron chi connectivity index (χ1n) is 11.9. The third-order valence-electron chi connectivity index (χ3n) is 5.60. The van der Waals surface area contributed by atoms with Crippen LogP contribution >= 0.6 is 0 Å². The van der Waals surface area contributed by atoms with Crippen molar-refractivity contribution in [3.63, 3.8) is 0 Å². The van der Waals surface area contributed by atoms with Crippen LogP contribution in [0.5, 0.6) is 0 Å². The normalized spacial score (nSPS) is 9.41. The van der Waals surface area contributed by atoms with Crippen LogP contribution in [0.1, 0.15) is 0 Å². The molecule has 0 atom stereocenters. The Hall–Kier alpha value is -4.30. The van der Waals surface area contributed by atoms with E-state index in [0.717, 1.165) is 44.6 Å². The fourth-order valence-electron chi connectivity index (χ4n) is 3.98. The first kappa shape index (κ1) is 31.2. The molecule has 0 aliphatic heterocycles. The molecule has 41 heavy (non-hydrogen) atoms. The van der Waals surface area contributed by atoms with Crippen molar-refractivity contribution in [1.82, 2.24) is 19.9 Å². The maximum Gasteiger partial charge on any atom is 2.00 e. The van der Waals surface area contributed by atoms with Crippen LogP contribution in [-0.2, 0) is 17.1 Å². The molecule has 0 aliphatic rings. The Bertz CT molecular complexity index is 1690. The smallest absolute Gasteiger partial charge is 0.324 e. The molecule has 4 aromatic heterocycles. The molecular formula is C30H20FeN8Se2. The number of anilines is 4. The minimum Gasteiger partial charge on any atom is -0.324 e. The number of fused-ring (bicyclic) bond motifs is 2. The summed E-state index contributed by atoms with van der Waals surface area (Å²) in [4.78, 5) is 21.8. The van der Waals surface area contributed by atoms with Crippen molar-refractivity contribution in [2.45, 2.75) is 0 Å². The van der Waals surface area contributed by atoms with Crippen LogP contribution in [0.3, 0.4) is 0 Å². The van der Waals surface area contributed by atoms with E-state index in [1.54, 1.807) is 22.3 Å². The molecule has 0 saturated carbocycles. The largest absolute Gasteiger partial charge is 2.00 e. The van der Waals surface area contributed by atoms with Crippen LogP contribution in [-0.4, -0.2) is 52.0 Å². The molecule has 0 saturated heterocycles. The molecule has 0 amide bonds. The van der Waals surface area contributed by atoms with Crippen molar-refractivity contribution >= 4 is 76.8 Å². The monoisotopic (exact) mass is 708 g/mol. The fraction of sp³-hybridized carbons (Fsp3) is 0. The summed E-state index contributed by atoms with van der Waals surface area (Å²) in [6.45, 7) is 0. The van der Waals surface area contributed by atoms with Crippen molar-refractivity contribution in [2.75, 3.05) is 10.6 Å². The predicted molar refractivity (Wildman–Crippen MR) is 160 cm³/mol. The van der Waals surface area contributed by atoms with E-state index in [2.05, 4.69) is 64.8 Å². The molecule has 0 fully saturated rings. The maximum absolute atomic E-state index is 7.26. The third-order valence-corrected chi connectivity index (χ3v) is 5.60. The summed E-state index contributed by atoms with van der Waals surface area (Å²) in [5, 5.41) is 25.6. The second-order valence-corrected chi connectivity index (χ2v) is 8.78. The van der Waals surface area contributed by atoms with Gasteiger partial charge in [-0.15, -0.1) is 0 Å². The molecule has 11 heteroatoms. The summed E-state index contributed by atoms with van der Waals surface area (Å²) >= 11 is 4.22. The minimum atomic E-state index is 0. The number of hydrogen-bond donors (Lipinski definition) is 2. The molecule has 6 aromatic rings. The van der Waals surface area contributed by atoms with E-state index in [-0.39, 0.29) is 17.1 Å². The SMILES string of the molecule is N#C[Se-].N#C[Se-].[Fe+2].c1cc(Nc2nccc3ccccc23)nc(-c2cccc(Nc3nccc4ccccc34)n2)c1. The Morgan fingerprint density at radius 3 is 1.34 bits per heavy atom. The van der Waals surface area contributed by atoms with Gasteiger partial charge in [0, 0.05) is 23.2 Å². The maximum atomic E-state index is 7.26. The summed E-state index contributed by atoms with van der Waals surface area (Å²) in [6.07, 6.45) is 3.60. The van der Waals surface area contributed by atoms with Crippen molar-refractivity contribution < 1.29 is 17.1 Å². The second kappa shape index (κ2) is 16.1. The van der Waals surface area contributed by atoms with Crippen LogP contribution < -0.4 is 10.6 Å². The zero-order chi connectivity index (χ0) is 28.2. The number of nitrogens with one attached hydrogen (secondary N) is 2. The molecule has 0 spiro atoms. The topological polar surface area (TPSA) is 123 Å². The molecule has 6 rings (SSSR count). The number of rotatable bonds is 5. The zero-order valence-corrected chi connectivity index (χ0v) is 25.8. The van der Waals surface area contributed by atoms with E-state index in [0.29, 0.717) is 11.6 Å². The average Bonchev–Trinajstić information content (AvgIpc) is 2.99. The summed E-state index contributed by atoms with van der Waals surface area (Å²) in [7, 11) is 0. The van der Waals surface area contributed by atoms with Gasteiger partial charge in [-0.25, -0.2) is 19.9 Å². The van der Waals surface area contributed by atoms with Crippen LogP contribution in [0.4, 0.5) is 23.3 Å². The molecule has 2 aromatic carbocycles. The summed E-state index contributed by atoms with van der Waals surface area (Å²) in [5.41, 5.74) is 1.53. The van der Waals surface area contributed by atoms with E-state index < -0.39 is 0 Å². The molecule has 8 nitrogen and oxygen atoms in total. The molecule has 4 heterocycles. The summed E-state index contributed by atoms with van der Waals surface area (Å²) in [5.74, 6) is 2.95. The van der Waals surface area contributed by atoms with Gasteiger partial charge in [0.25, 0.3) is 0 Å². The summed E-state index contributed by atoms with van der Waals surface area (Å²) in [6, 6.07) is 32.0. The Labute approximate surface area is 264 Å². The van der Waals surface area contributed by atoms with E-state index in [9.17, 15) is 0 Å². The van der Waals surface area contributed by atoms with Crippen molar-refractivity contribution in [2.24, 2.45) is 0 Å². The van der Waals surface area contributed by atoms with Gasteiger partial charge in [-0.05, 0) is 47.2 Å². The van der Waals surface area contributed by atoms with E-state index in [1.165, 1.54) is 0 Å². The number of hydrogen-bond acceptors (Lipinski definition) is 8. The molecule has 0 radical (unpaired) electrons. The van der Waals surface area contributed by atoms with Gasteiger partial charge in [-0.2, -0.15) is 0 Å².